The van der Waals surface area contributed by atoms with Crippen molar-refractivity contribution in [3.63, 3.8) is 0 Å². The number of nitriles is 1. The van der Waals surface area contributed by atoms with E-state index in [0.717, 1.165) is 30.6 Å². The highest BCUT2D eigenvalue weighted by molar-refractivity contribution is 5.39. The largest absolute Gasteiger partial charge is 0.313 e. The first-order valence-corrected chi connectivity index (χ1v) is 4.98. The van der Waals surface area contributed by atoms with Gasteiger partial charge in [-0.2, -0.15) is 5.26 Å². The lowest BCUT2D eigenvalue weighted by Gasteiger charge is -2.04. The van der Waals surface area contributed by atoms with E-state index in [2.05, 4.69) is 24.4 Å². The number of nitrogens with one attached hydrogen (secondary N) is 1. The van der Waals surface area contributed by atoms with Gasteiger partial charge in [0.25, 0.3) is 0 Å². The van der Waals surface area contributed by atoms with E-state index in [0.29, 0.717) is 0 Å². The maximum absolute atomic E-state index is 8.84. The number of benzene rings is 1. The molecule has 2 nitrogen and oxygen atoms in total. The predicted octanol–water partition coefficient (Wildman–Crippen LogP) is 2.37. The monoisotopic (exact) mass is 188 g/mol. The minimum Gasteiger partial charge on any atom is -0.313 e. The molecule has 1 N–H and O–H groups in total. The Labute approximate surface area is 85.6 Å². The Hall–Kier alpha value is -1.33. The minimum absolute atomic E-state index is 0.779. The van der Waals surface area contributed by atoms with Gasteiger partial charge in [-0.15, -0.1) is 0 Å². The fourth-order valence-corrected chi connectivity index (χ4v) is 1.31. The van der Waals surface area contributed by atoms with Gasteiger partial charge in [0.1, 0.15) is 0 Å². The van der Waals surface area contributed by atoms with Gasteiger partial charge in [0.2, 0.25) is 0 Å². The molecule has 0 aliphatic rings. The Balaban J connectivity index is 2.66. The zero-order valence-corrected chi connectivity index (χ0v) is 8.80. The van der Waals surface area contributed by atoms with Gasteiger partial charge in [-0.25, -0.2) is 0 Å². The van der Waals surface area contributed by atoms with Crippen LogP contribution < -0.4 is 5.32 Å². The molecule has 0 radical (unpaired) electrons. The van der Waals surface area contributed by atoms with Crippen molar-refractivity contribution in [2.24, 2.45) is 0 Å². The molecule has 1 aromatic carbocycles. The van der Waals surface area contributed by atoms with E-state index in [1.165, 1.54) is 5.56 Å². The summed E-state index contributed by atoms with van der Waals surface area (Å²) in [6.07, 6.45) is 1.14. The molecule has 0 saturated carbocycles. The number of hydrogen-bond donors (Lipinski definition) is 1. The van der Waals surface area contributed by atoms with E-state index in [1.54, 1.807) is 0 Å². The van der Waals surface area contributed by atoms with Crippen LogP contribution in [-0.2, 0) is 6.54 Å². The van der Waals surface area contributed by atoms with Gasteiger partial charge in [-0.05, 0) is 37.1 Å². The van der Waals surface area contributed by atoms with Crippen LogP contribution in [0.3, 0.4) is 0 Å². The molecule has 1 rings (SSSR count). The first kappa shape index (κ1) is 10.7. The Kier molecular flexibility index (Phi) is 4.15. The van der Waals surface area contributed by atoms with Gasteiger partial charge in [0, 0.05) is 6.54 Å². The lowest BCUT2D eigenvalue weighted by Crippen LogP contribution is -2.13. The summed E-state index contributed by atoms with van der Waals surface area (Å²) >= 11 is 0. The van der Waals surface area contributed by atoms with Gasteiger partial charge in [-0.3, -0.25) is 0 Å². The molecule has 0 aromatic heterocycles. The number of aryl methyl sites for hydroxylation is 1. The van der Waals surface area contributed by atoms with Crippen LogP contribution in [-0.4, -0.2) is 6.54 Å². The molecule has 74 valence electrons. The van der Waals surface area contributed by atoms with Crippen LogP contribution in [0, 0.1) is 18.3 Å². The summed E-state index contributed by atoms with van der Waals surface area (Å²) in [6.45, 7) is 5.98. The summed E-state index contributed by atoms with van der Waals surface area (Å²) in [6, 6.07) is 8.22. The van der Waals surface area contributed by atoms with E-state index >= 15 is 0 Å². The number of hydrogen-bond acceptors (Lipinski definition) is 2. The van der Waals surface area contributed by atoms with Crippen LogP contribution >= 0.6 is 0 Å². The zero-order valence-electron chi connectivity index (χ0n) is 8.80. The van der Waals surface area contributed by atoms with Crippen molar-refractivity contribution in [1.82, 2.24) is 5.32 Å². The second kappa shape index (κ2) is 5.41. The van der Waals surface area contributed by atoms with E-state index in [9.17, 15) is 0 Å². The number of rotatable bonds is 4. The van der Waals surface area contributed by atoms with Gasteiger partial charge in [-0.1, -0.05) is 19.1 Å². The molecule has 0 spiro atoms. The van der Waals surface area contributed by atoms with Crippen molar-refractivity contribution < 1.29 is 0 Å². The Morgan fingerprint density at radius 1 is 1.43 bits per heavy atom. The molecule has 0 amide bonds. The summed E-state index contributed by atoms with van der Waals surface area (Å²) in [4.78, 5) is 0. The molecular formula is C12H16N2. The lowest BCUT2D eigenvalue weighted by molar-refractivity contribution is 0.675. The molecule has 0 saturated heterocycles. The van der Waals surface area contributed by atoms with E-state index in [1.807, 2.05) is 19.1 Å². The van der Waals surface area contributed by atoms with Gasteiger partial charge >= 0.3 is 0 Å². The molecule has 0 bridgehead atoms. The number of nitrogens with zero attached hydrogens (tertiary/aromatic N) is 1. The highest BCUT2D eigenvalue weighted by Crippen LogP contribution is 2.09. The summed E-state index contributed by atoms with van der Waals surface area (Å²) < 4.78 is 0. The van der Waals surface area contributed by atoms with E-state index < -0.39 is 0 Å². The van der Waals surface area contributed by atoms with Gasteiger partial charge in [0.15, 0.2) is 0 Å². The van der Waals surface area contributed by atoms with Crippen molar-refractivity contribution in [1.29, 1.82) is 5.26 Å². The summed E-state index contributed by atoms with van der Waals surface area (Å²) in [5, 5.41) is 12.2. The fraction of sp³-hybridized carbons (Fsp3) is 0.417. The quantitative estimate of drug-likeness (QED) is 0.736. The average Bonchev–Trinajstić information content (AvgIpc) is 2.21. The molecule has 0 unspecified atom stereocenters. The molecule has 0 heterocycles. The maximum Gasteiger partial charge on any atom is 0.0994 e. The minimum atomic E-state index is 0.779. The topological polar surface area (TPSA) is 35.8 Å². The Morgan fingerprint density at radius 3 is 2.86 bits per heavy atom. The Morgan fingerprint density at radius 2 is 2.21 bits per heavy atom. The molecule has 14 heavy (non-hydrogen) atoms. The third-order valence-electron chi connectivity index (χ3n) is 2.18. The molecule has 0 aliphatic heterocycles. The van der Waals surface area contributed by atoms with Crippen molar-refractivity contribution in [2.45, 2.75) is 26.8 Å². The van der Waals surface area contributed by atoms with Crippen molar-refractivity contribution in [2.75, 3.05) is 6.54 Å². The smallest absolute Gasteiger partial charge is 0.0994 e. The molecule has 0 fully saturated rings. The fourth-order valence-electron chi connectivity index (χ4n) is 1.31. The molecule has 1 aromatic rings. The lowest BCUT2D eigenvalue weighted by atomic mass is 10.1. The molecule has 2 heteroatoms. The first-order valence-electron chi connectivity index (χ1n) is 4.98. The van der Waals surface area contributed by atoms with Crippen LogP contribution in [0.25, 0.3) is 0 Å². The highest BCUT2D eigenvalue weighted by atomic mass is 14.8. The van der Waals surface area contributed by atoms with Crippen LogP contribution in [0.15, 0.2) is 18.2 Å². The van der Waals surface area contributed by atoms with Crippen molar-refractivity contribution in [3.05, 3.63) is 34.9 Å². The standard InChI is InChI=1S/C12H16N2/c1-3-6-14-9-11-5-4-10(2)12(7-11)8-13/h4-5,7,14H,3,6,9H2,1-2H3. The van der Waals surface area contributed by atoms with Gasteiger partial charge < -0.3 is 5.32 Å². The second-order valence-electron chi connectivity index (χ2n) is 3.44. The average molecular weight is 188 g/mol. The highest BCUT2D eigenvalue weighted by Gasteiger charge is 1.98. The third-order valence-corrected chi connectivity index (χ3v) is 2.18. The van der Waals surface area contributed by atoms with Crippen LogP contribution in [0.1, 0.15) is 30.0 Å². The summed E-state index contributed by atoms with van der Waals surface area (Å²) in [7, 11) is 0. The van der Waals surface area contributed by atoms with Crippen molar-refractivity contribution in [3.8, 4) is 6.07 Å². The normalized spacial score (nSPS) is 9.79. The second-order valence-corrected chi connectivity index (χ2v) is 3.44. The Bertz CT molecular complexity index is 337. The van der Waals surface area contributed by atoms with Crippen LogP contribution in [0.5, 0.6) is 0 Å². The first-order chi connectivity index (χ1) is 6.77. The maximum atomic E-state index is 8.84. The summed E-state index contributed by atoms with van der Waals surface area (Å²) in [5.41, 5.74) is 3.01. The van der Waals surface area contributed by atoms with Crippen molar-refractivity contribution >= 4 is 0 Å². The van der Waals surface area contributed by atoms with Crippen LogP contribution in [0.2, 0.25) is 0 Å². The van der Waals surface area contributed by atoms with E-state index in [-0.39, 0.29) is 0 Å². The third kappa shape index (κ3) is 2.86. The molecule has 0 aliphatic carbocycles. The summed E-state index contributed by atoms with van der Waals surface area (Å²) in [5.74, 6) is 0. The molecular weight excluding hydrogens is 172 g/mol. The van der Waals surface area contributed by atoms with Crippen LogP contribution in [0.4, 0.5) is 0 Å². The van der Waals surface area contributed by atoms with Gasteiger partial charge in [0.05, 0.1) is 11.6 Å². The zero-order chi connectivity index (χ0) is 10.4. The SMILES string of the molecule is CCCNCc1ccc(C)c(C#N)c1. The predicted molar refractivity (Wildman–Crippen MR) is 57.9 cm³/mol. The molecule has 0 atom stereocenters. The van der Waals surface area contributed by atoms with E-state index in [4.69, 9.17) is 5.26 Å².